The normalized spacial score (nSPS) is 12.5. The van der Waals surface area contributed by atoms with Crippen molar-refractivity contribution >= 4 is 29.4 Å². The highest BCUT2D eigenvalue weighted by Crippen LogP contribution is 2.33. The van der Waals surface area contributed by atoms with E-state index >= 15 is 0 Å². The zero-order chi connectivity index (χ0) is 21.1. The second-order valence-electron chi connectivity index (χ2n) is 8.84. The molecule has 0 saturated heterocycles. The van der Waals surface area contributed by atoms with Crippen molar-refractivity contribution in [3.63, 3.8) is 0 Å². The molecule has 2 aromatic rings. The largest absolute Gasteiger partial charge is 0.426 e. The number of anilines is 1. The molecule has 0 fully saturated rings. The highest BCUT2D eigenvalue weighted by atomic mass is 19.1. The minimum atomic E-state index is -0.393. The molecule has 0 aliphatic carbocycles. The fourth-order valence-corrected chi connectivity index (χ4v) is 2.52. The molecule has 4 nitrogen and oxygen atoms in total. The SMILES string of the molecule is CB(OC(C)(C)C(C)(C)C)c1ccc(N=Nc2ccc(N(C)C)cc2)cc1F. The zero-order valence-electron chi connectivity index (χ0n) is 18.2. The first-order valence-corrected chi connectivity index (χ1v) is 9.57. The first kappa shape index (κ1) is 22.1. The van der Waals surface area contributed by atoms with Gasteiger partial charge < -0.3 is 9.55 Å². The maximum Gasteiger partial charge on any atom is 0.327 e. The van der Waals surface area contributed by atoms with Crippen LogP contribution in [0.5, 0.6) is 0 Å². The second kappa shape index (κ2) is 8.44. The molecule has 0 aromatic heterocycles. The third-order valence-corrected chi connectivity index (χ3v) is 5.35. The van der Waals surface area contributed by atoms with Gasteiger partial charge in [0.05, 0.1) is 17.0 Å². The monoisotopic (exact) mass is 383 g/mol. The van der Waals surface area contributed by atoms with Gasteiger partial charge in [0.1, 0.15) is 5.82 Å². The molecule has 0 saturated carbocycles. The summed E-state index contributed by atoms with van der Waals surface area (Å²) >= 11 is 0. The van der Waals surface area contributed by atoms with Crippen molar-refractivity contribution in [3.8, 4) is 0 Å². The van der Waals surface area contributed by atoms with E-state index in [4.69, 9.17) is 4.65 Å². The average molecular weight is 383 g/mol. The topological polar surface area (TPSA) is 37.2 Å². The van der Waals surface area contributed by atoms with Gasteiger partial charge >= 0.3 is 6.92 Å². The quantitative estimate of drug-likeness (QED) is 0.455. The Morgan fingerprint density at radius 1 is 0.893 bits per heavy atom. The van der Waals surface area contributed by atoms with E-state index in [0.29, 0.717) is 11.2 Å². The standard InChI is InChI=1S/C22H31BFN3O/c1-21(2,3)22(4,5)28-23(6)19-14-11-17(15-20(19)24)26-25-16-9-12-18(13-10-16)27(7)8/h9-15H,1-8H3. The molecule has 0 aliphatic rings. The number of hydrogen-bond donors (Lipinski definition) is 0. The van der Waals surface area contributed by atoms with Crippen molar-refractivity contribution in [1.29, 1.82) is 0 Å². The summed E-state index contributed by atoms with van der Waals surface area (Å²) in [5.74, 6) is -0.336. The Morgan fingerprint density at radius 3 is 1.93 bits per heavy atom. The molecule has 0 atom stereocenters. The van der Waals surface area contributed by atoms with E-state index in [9.17, 15) is 4.39 Å². The number of azo groups is 1. The van der Waals surface area contributed by atoms with E-state index in [1.807, 2.05) is 63.9 Å². The van der Waals surface area contributed by atoms with Gasteiger partial charge in [-0.15, -0.1) is 0 Å². The number of hydrogen-bond acceptors (Lipinski definition) is 4. The van der Waals surface area contributed by atoms with Gasteiger partial charge in [0, 0.05) is 25.8 Å². The fraction of sp³-hybridized carbons (Fsp3) is 0.455. The highest BCUT2D eigenvalue weighted by Gasteiger charge is 2.36. The molecule has 28 heavy (non-hydrogen) atoms. The fourth-order valence-electron chi connectivity index (χ4n) is 2.52. The minimum Gasteiger partial charge on any atom is -0.426 e. The van der Waals surface area contributed by atoms with Crippen molar-refractivity contribution < 1.29 is 9.04 Å². The van der Waals surface area contributed by atoms with Crippen LogP contribution in [0.1, 0.15) is 34.6 Å². The Morgan fingerprint density at radius 2 is 1.43 bits per heavy atom. The molecular weight excluding hydrogens is 352 g/mol. The maximum atomic E-state index is 14.7. The Labute approximate surface area is 168 Å². The summed E-state index contributed by atoms with van der Waals surface area (Å²) in [5, 5.41) is 8.35. The predicted molar refractivity (Wildman–Crippen MR) is 117 cm³/mol. The molecule has 6 heteroatoms. The number of rotatable bonds is 6. The lowest BCUT2D eigenvalue weighted by Gasteiger charge is -2.40. The third kappa shape index (κ3) is 5.41. The summed E-state index contributed by atoms with van der Waals surface area (Å²) in [6.45, 7) is 11.9. The summed E-state index contributed by atoms with van der Waals surface area (Å²) in [6, 6.07) is 12.6. The third-order valence-electron chi connectivity index (χ3n) is 5.35. The molecular formula is C22H31BFN3O. The van der Waals surface area contributed by atoms with Crippen molar-refractivity contribution in [1.82, 2.24) is 0 Å². The number of benzene rings is 2. The summed E-state index contributed by atoms with van der Waals surface area (Å²) in [4.78, 5) is 2.01. The molecule has 0 spiro atoms. The Bertz CT molecular complexity index is 827. The maximum absolute atomic E-state index is 14.7. The van der Waals surface area contributed by atoms with Gasteiger partial charge in [0.2, 0.25) is 0 Å². The van der Waals surface area contributed by atoms with Crippen LogP contribution in [0.15, 0.2) is 52.7 Å². The lowest BCUT2D eigenvalue weighted by atomic mass is 9.61. The second-order valence-corrected chi connectivity index (χ2v) is 8.84. The van der Waals surface area contributed by atoms with E-state index in [1.165, 1.54) is 6.07 Å². The summed E-state index contributed by atoms with van der Waals surface area (Å²) in [7, 11) is 3.96. The van der Waals surface area contributed by atoms with Crippen LogP contribution >= 0.6 is 0 Å². The molecule has 0 aliphatic heterocycles. The minimum absolute atomic E-state index is 0.0615. The molecule has 0 amide bonds. The van der Waals surface area contributed by atoms with Crippen molar-refractivity contribution in [2.75, 3.05) is 19.0 Å². The van der Waals surface area contributed by atoms with Crippen LogP contribution in [0.4, 0.5) is 21.5 Å². The van der Waals surface area contributed by atoms with E-state index in [0.717, 1.165) is 11.4 Å². The highest BCUT2D eigenvalue weighted by molar-refractivity contribution is 6.66. The van der Waals surface area contributed by atoms with E-state index < -0.39 is 5.60 Å². The molecule has 2 aromatic carbocycles. The molecule has 150 valence electrons. The summed E-state index contributed by atoms with van der Waals surface area (Å²) in [5.41, 5.74) is 2.34. The van der Waals surface area contributed by atoms with Crippen LogP contribution in [0, 0.1) is 11.2 Å². The molecule has 0 N–H and O–H groups in total. The first-order chi connectivity index (χ1) is 12.9. The Hall–Kier alpha value is -2.21. The lowest BCUT2D eigenvalue weighted by Crippen LogP contribution is -2.47. The van der Waals surface area contributed by atoms with Gasteiger partial charge in [-0.1, -0.05) is 33.7 Å². The van der Waals surface area contributed by atoms with Crippen LogP contribution in [0.2, 0.25) is 6.82 Å². The van der Waals surface area contributed by atoms with Crippen LogP contribution < -0.4 is 10.4 Å². The van der Waals surface area contributed by atoms with Gasteiger partial charge in [-0.3, -0.25) is 0 Å². The van der Waals surface area contributed by atoms with Gasteiger partial charge in [-0.05, 0) is 55.1 Å². The average Bonchev–Trinajstić information content (AvgIpc) is 2.58. The predicted octanol–water partition coefficient (Wildman–Crippen LogP) is 5.98. The van der Waals surface area contributed by atoms with Crippen LogP contribution in [-0.4, -0.2) is 26.6 Å². The molecule has 0 bridgehead atoms. The summed E-state index contributed by atoms with van der Waals surface area (Å²) < 4.78 is 20.8. The van der Waals surface area contributed by atoms with Crippen LogP contribution in [-0.2, 0) is 4.65 Å². The first-order valence-electron chi connectivity index (χ1n) is 9.57. The summed E-state index contributed by atoms with van der Waals surface area (Å²) in [6.07, 6.45) is 0. The van der Waals surface area contributed by atoms with E-state index in [1.54, 1.807) is 12.1 Å². The smallest absolute Gasteiger partial charge is 0.327 e. The van der Waals surface area contributed by atoms with Gasteiger partial charge in [0.15, 0.2) is 0 Å². The molecule has 0 unspecified atom stereocenters. The van der Waals surface area contributed by atoms with E-state index in [2.05, 4.69) is 31.0 Å². The molecule has 0 radical (unpaired) electrons. The Balaban J connectivity index is 2.13. The van der Waals surface area contributed by atoms with Crippen LogP contribution in [0.3, 0.4) is 0 Å². The Kier molecular flexibility index (Phi) is 6.65. The molecule has 0 heterocycles. The van der Waals surface area contributed by atoms with Crippen molar-refractivity contribution in [2.24, 2.45) is 15.6 Å². The van der Waals surface area contributed by atoms with Gasteiger partial charge in [0.25, 0.3) is 0 Å². The lowest BCUT2D eigenvalue weighted by molar-refractivity contribution is 0.000352. The van der Waals surface area contributed by atoms with Crippen LogP contribution in [0.25, 0.3) is 0 Å². The zero-order valence-corrected chi connectivity index (χ0v) is 18.2. The van der Waals surface area contributed by atoms with Gasteiger partial charge in [-0.2, -0.15) is 10.2 Å². The van der Waals surface area contributed by atoms with Crippen molar-refractivity contribution in [2.45, 2.75) is 47.0 Å². The van der Waals surface area contributed by atoms with Crippen molar-refractivity contribution in [3.05, 3.63) is 48.3 Å². The number of halogens is 1. The van der Waals surface area contributed by atoms with Gasteiger partial charge in [-0.25, -0.2) is 4.39 Å². The molecule has 2 rings (SSSR count). The van der Waals surface area contributed by atoms with E-state index in [-0.39, 0.29) is 18.1 Å². The number of nitrogens with zero attached hydrogens (tertiary/aromatic N) is 3.